The number of fused-ring (bicyclic) bond motifs is 1. The molecule has 0 saturated heterocycles. The highest BCUT2D eigenvalue weighted by Gasteiger charge is 2.15. The van der Waals surface area contributed by atoms with Gasteiger partial charge >= 0.3 is 5.69 Å². The normalized spacial score (nSPS) is 11.0. The summed E-state index contributed by atoms with van der Waals surface area (Å²) in [6, 6.07) is 7.38. The number of aromatic nitrogens is 3. The van der Waals surface area contributed by atoms with Crippen molar-refractivity contribution in [3.63, 3.8) is 0 Å². The second kappa shape index (κ2) is 4.93. The minimum absolute atomic E-state index is 0.140. The summed E-state index contributed by atoms with van der Waals surface area (Å²) in [7, 11) is 0. The zero-order valence-electron chi connectivity index (χ0n) is 10.5. The van der Waals surface area contributed by atoms with Crippen LogP contribution in [0.25, 0.3) is 11.2 Å². The van der Waals surface area contributed by atoms with Gasteiger partial charge in [-0.2, -0.15) is 0 Å². The third kappa shape index (κ3) is 2.12. The Kier molecular flexibility index (Phi) is 3.11. The highest BCUT2D eigenvalue weighted by atomic mass is 32.1. The van der Waals surface area contributed by atoms with Crippen molar-refractivity contribution >= 4 is 28.4 Å². The van der Waals surface area contributed by atoms with E-state index >= 15 is 0 Å². The second-order valence-corrected chi connectivity index (χ2v) is 5.38. The van der Waals surface area contributed by atoms with Gasteiger partial charge in [0.25, 0.3) is 0 Å². The summed E-state index contributed by atoms with van der Waals surface area (Å²) < 4.78 is 2.92. The predicted octanol–water partition coefficient (Wildman–Crippen LogP) is 0.793. The molecule has 3 heterocycles. The van der Waals surface area contributed by atoms with Crippen LogP contribution in [0.2, 0.25) is 0 Å². The van der Waals surface area contributed by atoms with Crippen LogP contribution in [-0.2, 0) is 17.9 Å². The first-order chi connectivity index (χ1) is 9.66. The standard InChI is InChI=1S/C13H12N4O2S/c14-11(18)8-16-10-4-1-5-15-12(10)17(13(16)19)7-9-3-2-6-20-9/h1-6H,7-8H2,(H2,14,18). The fourth-order valence-electron chi connectivity index (χ4n) is 2.16. The Labute approximate surface area is 118 Å². The molecule has 0 aliphatic carbocycles. The lowest BCUT2D eigenvalue weighted by Crippen LogP contribution is -2.29. The van der Waals surface area contributed by atoms with Gasteiger partial charge in [0.1, 0.15) is 6.54 Å². The van der Waals surface area contributed by atoms with Crippen LogP contribution >= 0.6 is 11.3 Å². The number of pyridine rings is 1. The zero-order valence-corrected chi connectivity index (χ0v) is 11.3. The van der Waals surface area contributed by atoms with Crippen molar-refractivity contribution in [2.45, 2.75) is 13.1 Å². The molecule has 3 aromatic rings. The Morgan fingerprint density at radius 2 is 2.15 bits per heavy atom. The van der Waals surface area contributed by atoms with Gasteiger partial charge in [-0.25, -0.2) is 9.78 Å². The van der Waals surface area contributed by atoms with Gasteiger partial charge in [-0.1, -0.05) is 6.07 Å². The molecule has 0 radical (unpaired) electrons. The minimum atomic E-state index is -0.550. The van der Waals surface area contributed by atoms with E-state index in [4.69, 9.17) is 5.73 Å². The van der Waals surface area contributed by atoms with Gasteiger partial charge in [0.2, 0.25) is 5.91 Å². The highest BCUT2D eigenvalue weighted by Crippen LogP contribution is 2.14. The number of nitrogens with zero attached hydrogens (tertiary/aromatic N) is 3. The van der Waals surface area contributed by atoms with Gasteiger partial charge < -0.3 is 5.73 Å². The van der Waals surface area contributed by atoms with Gasteiger partial charge in [-0.3, -0.25) is 13.9 Å². The first-order valence-corrected chi connectivity index (χ1v) is 6.89. The summed E-state index contributed by atoms with van der Waals surface area (Å²) in [5, 5.41) is 1.95. The predicted molar refractivity (Wildman–Crippen MR) is 76.6 cm³/mol. The molecular weight excluding hydrogens is 276 g/mol. The molecule has 102 valence electrons. The number of imidazole rings is 1. The van der Waals surface area contributed by atoms with Crippen LogP contribution in [0.1, 0.15) is 4.88 Å². The van der Waals surface area contributed by atoms with Crippen molar-refractivity contribution in [3.05, 3.63) is 51.2 Å². The summed E-state index contributed by atoms with van der Waals surface area (Å²) >= 11 is 1.57. The van der Waals surface area contributed by atoms with E-state index in [-0.39, 0.29) is 12.2 Å². The number of amides is 1. The molecule has 20 heavy (non-hydrogen) atoms. The third-order valence-corrected chi connectivity index (χ3v) is 3.84. The van der Waals surface area contributed by atoms with Crippen LogP contribution in [-0.4, -0.2) is 20.0 Å². The third-order valence-electron chi connectivity index (χ3n) is 2.98. The quantitative estimate of drug-likeness (QED) is 0.770. The Morgan fingerprint density at radius 3 is 2.85 bits per heavy atom. The van der Waals surface area contributed by atoms with Crippen molar-refractivity contribution in [1.82, 2.24) is 14.1 Å². The number of carbonyl (C=O) groups is 1. The van der Waals surface area contributed by atoms with Crippen LogP contribution < -0.4 is 11.4 Å². The monoisotopic (exact) mass is 288 g/mol. The van der Waals surface area contributed by atoms with Crippen molar-refractivity contribution in [1.29, 1.82) is 0 Å². The molecule has 0 spiro atoms. The molecule has 3 rings (SSSR count). The first kappa shape index (κ1) is 12.6. The van der Waals surface area contributed by atoms with Gasteiger partial charge in [-0.05, 0) is 23.6 Å². The van der Waals surface area contributed by atoms with Gasteiger partial charge in [0, 0.05) is 11.1 Å². The Balaban J connectivity index is 2.18. The molecule has 0 aliphatic rings. The van der Waals surface area contributed by atoms with Crippen LogP contribution in [0.4, 0.5) is 0 Å². The van der Waals surface area contributed by atoms with Gasteiger partial charge in [0.15, 0.2) is 5.65 Å². The molecule has 1 amide bonds. The van der Waals surface area contributed by atoms with E-state index in [2.05, 4.69) is 4.98 Å². The van der Waals surface area contributed by atoms with Crippen LogP contribution in [0.5, 0.6) is 0 Å². The molecule has 0 fully saturated rings. The van der Waals surface area contributed by atoms with Crippen molar-refractivity contribution in [3.8, 4) is 0 Å². The number of hydrogen-bond acceptors (Lipinski definition) is 4. The van der Waals surface area contributed by atoms with Crippen molar-refractivity contribution < 1.29 is 4.79 Å². The number of carbonyl (C=O) groups excluding carboxylic acids is 1. The molecule has 0 saturated carbocycles. The lowest BCUT2D eigenvalue weighted by atomic mass is 10.4. The average Bonchev–Trinajstić information content (AvgIpc) is 3.02. The Morgan fingerprint density at radius 1 is 1.30 bits per heavy atom. The Bertz CT molecular complexity index is 817. The average molecular weight is 288 g/mol. The SMILES string of the molecule is NC(=O)Cn1c(=O)n(Cc2cccs2)c2ncccc21. The smallest absolute Gasteiger partial charge is 0.331 e. The zero-order chi connectivity index (χ0) is 14.1. The second-order valence-electron chi connectivity index (χ2n) is 4.35. The van der Waals surface area contributed by atoms with Gasteiger partial charge in [0.05, 0.1) is 12.1 Å². The van der Waals surface area contributed by atoms with Crippen molar-refractivity contribution in [2.75, 3.05) is 0 Å². The van der Waals surface area contributed by atoms with Crippen molar-refractivity contribution in [2.24, 2.45) is 5.73 Å². The summed E-state index contributed by atoms with van der Waals surface area (Å²) in [5.74, 6) is -0.550. The summed E-state index contributed by atoms with van der Waals surface area (Å²) in [5.41, 5.74) is 6.11. The number of nitrogens with two attached hydrogens (primary N) is 1. The largest absolute Gasteiger partial charge is 0.368 e. The summed E-state index contributed by atoms with van der Waals surface area (Å²) in [6.07, 6.45) is 1.63. The number of primary amides is 1. The van der Waals surface area contributed by atoms with Gasteiger partial charge in [-0.15, -0.1) is 11.3 Å². The molecule has 0 unspecified atom stereocenters. The summed E-state index contributed by atoms with van der Waals surface area (Å²) in [6.45, 7) is 0.300. The molecule has 2 N–H and O–H groups in total. The highest BCUT2D eigenvalue weighted by molar-refractivity contribution is 7.09. The summed E-state index contributed by atoms with van der Waals surface area (Å²) in [4.78, 5) is 28.9. The van der Waals surface area contributed by atoms with E-state index in [1.54, 1.807) is 34.2 Å². The van der Waals surface area contributed by atoms with E-state index in [0.717, 1.165) is 4.88 Å². The molecular formula is C13H12N4O2S. The molecule has 0 bridgehead atoms. The molecule has 0 aliphatic heterocycles. The molecule has 0 atom stereocenters. The van der Waals surface area contributed by atoms with E-state index in [1.165, 1.54) is 4.57 Å². The van der Waals surface area contributed by atoms with E-state index in [0.29, 0.717) is 17.7 Å². The van der Waals surface area contributed by atoms with Crippen LogP contribution in [0.3, 0.4) is 0 Å². The van der Waals surface area contributed by atoms with Crippen LogP contribution in [0, 0.1) is 0 Å². The Hall–Kier alpha value is -2.41. The lowest BCUT2D eigenvalue weighted by Gasteiger charge is -1.99. The molecule has 7 heteroatoms. The number of hydrogen-bond donors (Lipinski definition) is 1. The maximum Gasteiger partial charge on any atom is 0.331 e. The molecule has 3 aromatic heterocycles. The number of thiophene rings is 1. The van der Waals surface area contributed by atoms with E-state index in [9.17, 15) is 9.59 Å². The van der Waals surface area contributed by atoms with Crippen LogP contribution in [0.15, 0.2) is 40.6 Å². The molecule has 6 nitrogen and oxygen atoms in total. The minimum Gasteiger partial charge on any atom is -0.368 e. The maximum absolute atomic E-state index is 12.4. The lowest BCUT2D eigenvalue weighted by molar-refractivity contribution is -0.118. The maximum atomic E-state index is 12.4. The number of rotatable bonds is 4. The van der Waals surface area contributed by atoms with E-state index < -0.39 is 5.91 Å². The topological polar surface area (TPSA) is 82.9 Å². The fourth-order valence-corrected chi connectivity index (χ4v) is 2.85. The fraction of sp³-hybridized carbons (Fsp3) is 0.154. The van der Waals surface area contributed by atoms with E-state index in [1.807, 2.05) is 17.5 Å². The molecule has 0 aromatic carbocycles. The first-order valence-electron chi connectivity index (χ1n) is 6.01.